The van der Waals surface area contributed by atoms with E-state index in [2.05, 4.69) is 36.6 Å². The fourth-order valence-electron chi connectivity index (χ4n) is 14.7. The predicted octanol–water partition coefficient (Wildman–Crippen LogP) is 11.4. The second kappa shape index (κ2) is 59.4. The van der Waals surface area contributed by atoms with E-state index >= 15 is 0 Å². The van der Waals surface area contributed by atoms with Crippen molar-refractivity contribution in [2.45, 2.75) is 452 Å². The molecule has 23 nitrogen and oxygen atoms in total. The lowest BCUT2D eigenvalue weighted by Gasteiger charge is -2.50. The lowest BCUT2D eigenvalue weighted by molar-refractivity contribution is -0.386. The Labute approximate surface area is 620 Å². The molecule has 23 heteroatoms. The number of ether oxygens (including phenoxy) is 6. The maximum atomic E-state index is 13.5. The maximum absolute atomic E-state index is 13.5. The zero-order valence-corrected chi connectivity index (χ0v) is 64.2. The number of hydrogen-bond donors (Lipinski definition) is 14. The van der Waals surface area contributed by atoms with Crippen molar-refractivity contribution in [1.29, 1.82) is 0 Å². The first-order valence-electron chi connectivity index (χ1n) is 41.5. The minimum absolute atomic E-state index is 0.227. The maximum Gasteiger partial charge on any atom is 0.364 e. The highest BCUT2D eigenvalue weighted by Gasteiger charge is 2.60. The number of unbranched alkanes of at least 4 members (excludes halogenated alkanes) is 44. The molecule has 2 amide bonds. The summed E-state index contributed by atoms with van der Waals surface area (Å²) in [7, 11) is 0. The predicted molar refractivity (Wildman–Crippen MR) is 398 cm³/mol. The number of carbonyl (C=O) groups excluding carboxylic acids is 2. The van der Waals surface area contributed by atoms with Crippen LogP contribution in [0.1, 0.15) is 342 Å². The van der Waals surface area contributed by atoms with Crippen LogP contribution in [0.4, 0.5) is 0 Å². The van der Waals surface area contributed by atoms with Crippen LogP contribution in [0.2, 0.25) is 0 Å². The molecule has 0 radical (unpaired) electrons. The molecule has 3 heterocycles. The van der Waals surface area contributed by atoms with Gasteiger partial charge >= 0.3 is 5.97 Å². The van der Waals surface area contributed by atoms with Gasteiger partial charge in [0, 0.05) is 19.8 Å². The molecule has 103 heavy (non-hydrogen) atoms. The molecule has 3 aliphatic rings. The van der Waals surface area contributed by atoms with Crippen LogP contribution in [0.5, 0.6) is 0 Å². The second-order valence-electron chi connectivity index (χ2n) is 30.3. The molecule has 3 saturated heterocycles. The van der Waals surface area contributed by atoms with E-state index in [1.54, 1.807) is 0 Å². The zero-order chi connectivity index (χ0) is 75.3. The molecule has 3 aliphatic heterocycles. The van der Waals surface area contributed by atoms with Crippen LogP contribution in [0.15, 0.2) is 12.2 Å². The van der Waals surface area contributed by atoms with E-state index in [1.807, 2.05) is 0 Å². The van der Waals surface area contributed by atoms with Crippen molar-refractivity contribution in [3.8, 4) is 0 Å². The third kappa shape index (κ3) is 39.6. The summed E-state index contributed by atoms with van der Waals surface area (Å²) in [5.41, 5.74) is 0. The number of carboxylic acid groups (broad SMARTS) is 1. The molecule has 0 bridgehead atoms. The van der Waals surface area contributed by atoms with Gasteiger partial charge in [-0.1, -0.05) is 296 Å². The molecule has 0 spiro atoms. The lowest BCUT2D eigenvalue weighted by atomic mass is 9.88. The number of aliphatic carboxylic acids is 1. The highest BCUT2D eigenvalue weighted by Crippen LogP contribution is 2.39. The summed E-state index contributed by atoms with van der Waals surface area (Å²) in [6.07, 6.45) is 35.3. The van der Waals surface area contributed by atoms with Gasteiger partial charge in [0.15, 0.2) is 12.6 Å². The molecule has 18 unspecified atom stereocenters. The van der Waals surface area contributed by atoms with Gasteiger partial charge in [-0.2, -0.15) is 0 Å². The number of carbonyl (C=O) groups is 3. The first-order valence-corrected chi connectivity index (χ1v) is 41.5. The third-order valence-corrected chi connectivity index (χ3v) is 21.2. The topological polar surface area (TPSA) is 373 Å². The van der Waals surface area contributed by atoms with Crippen LogP contribution < -0.4 is 10.6 Å². The van der Waals surface area contributed by atoms with Gasteiger partial charge in [0.25, 0.3) is 5.79 Å². The standard InChI is InChI=1S/C80H150N2O21/c1-4-6-8-10-12-14-16-18-20-21-22-23-24-25-26-27-28-29-30-31-32-33-34-35-36-37-38-39-40-42-44-46-48-50-52-54-67(90)82-61(62(87)53-51-49-47-45-43-41-19-17-15-13-11-9-7-5-2)59-98-77-72(94)71(93)74(66(58-85)100-77)101-78-73(95)76(70(92)65(57-84)99-78)103-80(79(96)97)55-63(88)68(81-60(3)86)75(102-80)69(91)64(89)56-83/h27-28,61-66,68-78,83-85,87-89,91-95H,4-26,29-59H2,1-3H3,(H,81,86)(H,82,90)(H,96,97)/b28-27-. The SMILES string of the molecule is CCCCCCCCCCCCCCCC/C=C\CCCCCCCCCCCCCCCCCCCC(=O)NC(COC1OC(CO)C(OC2OC(CO)C(O)C(OC3(C(=O)O)CC(O)C(NC(C)=O)C(C(O)C(O)CO)O3)C2O)C(O)C1O)C(O)CCCCCCCCCCCCCCCC. The second-order valence-corrected chi connectivity index (χ2v) is 30.3. The van der Waals surface area contributed by atoms with Crippen molar-refractivity contribution in [3.05, 3.63) is 12.2 Å². The van der Waals surface area contributed by atoms with Gasteiger partial charge in [-0.3, -0.25) is 9.59 Å². The number of hydrogen-bond acceptors (Lipinski definition) is 20. The average molecular weight is 1480 g/mol. The van der Waals surface area contributed by atoms with E-state index in [4.69, 9.17) is 28.4 Å². The van der Waals surface area contributed by atoms with Crippen molar-refractivity contribution in [2.75, 3.05) is 26.4 Å². The molecular weight excluding hydrogens is 1320 g/mol. The smallest absolute Gasteiger partial charge is 0.364 e. The van der Waals surface area contributed by atoms with Gasteiger partial charge in [-0.15, -0.1) is 0 Å². The molecule has 0 aromatic rings. The van der Waals surface area contributed by atoms with Crippen LogP contribution >= 0.6 is 0 Å². The van der Waals surface area contributed by atoms with Gasteiger partial charge in [0.05, 0.1) is 50.7 Å². The summed E-state index contributed by atoms with van der Waals surface area (Å²) in [5.74, 6) is -6.09. The summed E-state index contributed by atoms with van der Waals surface area (Å²) in [6, 6.07) is -2.53. The largest absolute Gasteiger partial charge is 0.477 e. The Morgan fingerprint density at radius 1 is 0.495 bits per heavy atom. The quantitative estimate of drug-likeness (QED) is 0.0199. The Morgan fingerprint density at radius 3 is 1.31 bits per heavy atom. The van der Waals surface area contributed by atoms with Gasteiger partial charge < -0.3 is 100 Å². The van der Waals surface area contributed by atoms with Gasteiger partial charge in [0.2, 0.25) is 11.8 Å². The highest BCUT2D eigenvalue weighted by atomic mass is 16.8. The summed E-state index contributed by atoms with van der Waals surface area (Å²) < 4.78 is 34.9. The Balaban J connectivity index is 1.42. The Morgan fingerprint density at radius 2 is 0.903 bits per heavy atom. The highest BCUT2D eigenvalue weighted by molar-refractivity contribution is 5.77. The van der Waals surface area contributed by atoms with Gasteiger partial charge in [0.1, 0.15) is 67.1 Å². The average Bonchev–Trinajstić information content (AvgIpc) is 0.755. The number of nitrogens with one attached hydrogen (secondary N) is 2. The summed E-state index contributed by atoms with van der Waals surface area (Å²) in [4.78, 5) is 38.7. The van der Waals surface area contributed by atoms with Crippen molar-refractivity contribution in [2.24, 2.45) is 0 Å². The van der Waals surface area contributed by atoms with E-state index in [0.717, 1.165) is 58.3 Å². The van der Waals surface area contributed by atoms with Gasteiger partial charge in [-0.25, -0.2) is 4.79 Å². The Hall–Kier alpha value is -2.53. The van der Waals surface area contributed by atoms with Crippen molar-refractivity contribution < 1.29 is 104 Å². The number of amides is 2. The van der Waals surface area contributed by atoms with Crippen molar-refractivity contribution >= 4 is 17.8 Å². The summed E-state index contributed by atoms with van der Waals surface area (Å²) in [6.45, 7) is 2.24. The third-order valence-electron chi connectivity index (χ3n) is 21.2. The number of carboxylic acids is 1. The van der Waals surface area contributed by atoms with Crippen molar-refractivity contribution in [1.82, 2.24) is 10.6 Å². The molecule has 606 valence electrons. The molecule has 0 aliphatic carbocycles. The molecule has 3 rings (SSSR count). The minimum Gasteiger partial charge on any atom is -0.477 e. The van der Waals surface area contributed by atoms with Crippen molar-refractivity contribution in [3.63, 3.8) is 0 Å². The lowest BCUT2D eigenvalue weighted by Crippen LogP contribution is -2.70. The van der Waals surface area contributed by atoms with Crippen LogP contribution in [0.3, 0.4) is 0 Å². The first kappa shape index (κ1) is 94.7. The monoisotopic (exact) mass is 1480 g/mol. The molecule has 3 fully saturated rings. The van der Waals surface area contributed by atoms with E-state index in [9.17, 15) is 75.7 Å². The molecule has 14 N–H and O–H groups in total. The molecule has 0 aromatic carbocycles. The first-order chi connectivity index (χ1) is 49.9. The molecule has 18 atom stereocenters. The number of allylic oxidation sites excluding steroid dienone is 2. The Bertz CT molecular complexity index is 2100. The van der Waals surface area contributed by atoms with Crippen LogP contribution in [-0.4, -0.2) is 215 Å². The molecular formula is C80H150N2O21. The van der Waals surface area contributed by atoms with Gasteiger partial charge in [-0.05, 0) is 38.5 Å². The van der Waals surface area contributed by atoms with Crippen LogP contribution in [0, 0.1) is 0 Å². The fourth-order valence-corrected chi connectivity index (χ4v) is 14.7. The van der Waals surface area contributed by atoms with Crippen LogP contribution in [0.25, 0.3) is 0 Å². The normalized spacial score (nSPS) is 26.5. The Kier molecular flexibility index (Phi) is 54.6. The minimum atomic E-state index is -3.08. The fraction of sp³-hybridized carbons (Fsp3) is 0.938. The number of aliphatic hydroxyl groups excluding tert-OH is 11. The summed E-state index contributed by atoms with van der Waals surface area (Å²) >= 11 is 0. The summed E-state index contributed by atoms with van der Waals surface area (Å²) in [5, 5.41) is 136. The van der Waals surface area contributed by atoms with Crippen LogP contribution in [-0.2, 0) is 42.8 Å². The zero-order valence-electron chi connectivity index (χ0n) is 64.2. The van der Waals surface area contributed by atoms with E-state index in [1.165, 1.54) is 238 Å². The van der Waals surface area contributed by atoms with E-state index < -0.39 is 148 Å². The molecule has 0 aromatic heterocycles. The van der Waals surface area contributed by atoms with E-state index in [-0.39, 0.29) is 18.9 Å². The number of aliphatic hydroxyl groups is 11. The number of rotatable bonds is 66. The van der Waals surface area contributed by atoms with E-state index in [0.29, 0.717) is 19.3 Å². The molecule has 0 saturated carbocycles.